The highest BCUT2D eigenvalue weighted by molar-refractivity contribution is 5.63. The maximum Gasteiger partial charge on any atom is 0.142 e. The zero-order chi connectivity index (χ0) is 21.1. The molecule has 2 fully saturated rings. The lowest BCUT2D eigenvalue weighted by atomic mass is 9.36. The number of aliphatic hydroxyl groups is 1. The SMILES string of the molecule is CCCC(C)(O)C1C[C@@]23C=C[C@@]1(OC)[C@@H]1Oc4c(C)ccc5c4[C@@]12CCN(C)[C@@H]3C5. The molecule has 1 saturated carbocycles. The van der Waals surface area contributed by atoms with Gasteiger partial charge in [-0.3, -0.25) is 0 Å². The van der Waals surface area contributed by atoms with Crippen molar-refractivity contribution < 1.29 is 14.6 Å². The second-order valence-corrected chi connectivity index (χ2v) is 11.0. The van der Waals surface area contributed by atoms with Crippen LogP contribution in [-0.2, 0) is 16.6 Å². The number of likely N-dealkylation sites (N-methyl/N-ethyl adjacent to an activating group) is 1. The summed E-state index contributed by atoms with van der Waals surface area (Å²) in [5, 5.41) is 11.7. The van der Waals surface area contributed by atoms with Crippen molar-refractivity contribution in [2.75, 3.05) is 20.7 Å². The predicted molar refractivity (Wildman–Crippen MR) is 117 cm³/mol. The van der Waals surface area contributed by atoms with Gasteiger partial charge < -0.3 is 19.5 Å². The Labute approximate surface area is 180 Å². The lowest BCUT2D eigenvalue weighted by Crippen LogP contribution is -2.80. The van der Waals surface area contributed by atoms with Crippen LogP contribution in [0.2, 0.25) is 0 Å². The van der Waals surface area contributed by atoms with E-state index < -0.39 is 11.2 Å². The van der Waals surface area contributed by atoms with Crippen molar-refractivity contribution in [2.24, 2.45) is 11.3 Å². The fraction of sp³-hybridized carbons (Fsp3) is 0.692. The average molecular weight is 410 g/mol. The fourth-order valence-corrected chi connectivity index (χ4v) is 8.59. The van der Waals surface area contributed by atoms with Crippen LogP contribution in [0.4, 0.5) is 0 Å². The highest BCUT2D eigenvalue weighted by Crippen LogP contribution is 2.75. The van der Waals surface area contributed by atoms with E-state index in [0.29, 0.717) is 6.04 Å². The van der Waals surface area contributed by atoms with Gasteiger partial charge >= 0.3 is 0 Å². The Morgan fingerprint density at radius 1 is 1.33 bits per heavy atom. The van der Waals surface area contributed by atoms with Crippen molar-refractivity contribution in [3.8, 4) is 5.75 Å². The second-order valence-electron chi connectivity index (χ2n) is 11.0. The van der Waals surface area contributed by atoms with E-state index in [-0.39, 0.29) is 22.9 Å². The Bertz CT molecular complexity index is 954. The molecule has 0 aromatic heterocycles. The molecule has 4 heteroatoms. The molecular formula is C26H35NO3. The van der Waals surface area contributed by atoms with E-state index in [2.05, 4.69) is 50.1 Å². The summed E-state index contributed by atoms with van der Waals surface area (Å²) in [4.78, 5) is 2.57. The zero-order valence-corrected chi connectivity index (χ0v) is 19.0. The molecule has 1 saturated heterocycles. The molecule has 4 bridgehead atoms. The molecule has 0 radical (unpaired) electrons. The first-order chi connectivity index (χ1) is 14.3. The van der Waals surface area contributed by atoms with Crippen molar-refractivity contribution in [3.63, 3.8) is 0 Å². The first-order valence-electron chi connectivity index (χ1n) is 11.8. The zero-order valence-electron chi connectivity index (χ0n) is 19.0. The van der Waals surface area contributed by atoms with Gasteiger partial charge in [-0.25, -0.2) is 0 Å². The Kier molecular flexibility index (Phi) is 3.68. The molecule has 2 heterocycles. The molecule has 0 amide bonds. The van der Waals surface area contributed by atoms with E-state index in [4.69, 9.17) is 9.47 Å². The Morgan fingerprint density at radius 3 is 2.87 bits per heavy atom. The topological polar surface area (TPSA) is 41.9 Å². The molecule has 4 aliphatic carbocycles. The summed E-state index contributed by atoms with van der Waals surface area (Å²) in [6, 6.07) is 5.01. The molecule has 1 N–H and O–H groups in total. The lowest BCUT2D eigenvalue weighted by Gasteiger charge is -2.72. The molecule has 162 valence electrons. The monoisotopic (exact) mass is 409 g/mol. The van der Waals surface area contributed by atoms with Gasteiger partial charge in [0.15, 0.2) is 0 Å². The minimum Gasteiger partial charge on any atom is -0.485 e. The van der Waals surface area contributed by atoms with Crippen LogP contribution < -0.4 is 4.74 Å². The van der Waals surface area contributed by atoms with Crippen molar-refractivity contribution in [3.05, 3.63) is 41.0 Å². The van der Waals surface area contributed by atoms with Crippen LogP contribution in [0.5, 0.6) is 5.75 Å². The normalized spacial score (nSPS) is 44.5. The van der Waals surface area contributed by atoms with Crippen molar-refractivity contribution >= 4 is 0 Å². The van der Waals surface area contributed by atoms with Crippen molar-refractivity contribution in [2.45, 2.75) is 81.6 Å². The third kappa shape index (κ3) is 1.84. The summed E-state index contributed by atoms with van der Waals surface area (Å²) >= 11 is 0. The van der Waals surface area contributed by atoms with Crippen molar-refractivity contribution in [1.29, 1.82) is 0 Å². The Balaban J connectivity index is 1.66. The summed E-state index contributed by atoms with van der Waals surface area (Å²) in [6.45, 7) is 7.45. The van der Waals surface area contributed by atoms with Gasteiger partial charge in [-0.05, 0) is 64.3 Å². The molecular weight excluding hydrogens is 374 g/mol. The van der Waals surface area contributed by atoms with Gasteiger partial charge in [-0.1, -0.05) is 37.6 Å². The molecule has 2 unspecified atom stereocenters. The van der Waals surface area contributed by atoms with Crippen LogP contribution >= 0.6 is 0 Å². The third-order valence-corrected chi connectivity index (χ3v) is 9.80. The van der Waals surface area contributed by atoms with Crippen LogP contribution in [0, 0.1) is 18.3 Å². The summed E-state index contributed by atoms with van der Waals surface area (Å²) in [7, 11) is 4.11. The smallest absolute Gasteiger partial charge is 0.142 e. The van der Waals surface area contributed by atoms with Crippen LogP contribution in [0.3, 0.4) is 0 Å². The summed E-state index contributed by atoms with van der Waals surface area (Å²) in [5.41, 5.74) is 2.71. The number of ether oxygens (including phenoxy) is 2. The molecule has 2 aliphatic heterocycles. The van der Waals surface area contributed by atoms with E-state index in [1.165, 1.54) is 16.7 Å². The molecule has 1 aromatic carbocycles. The van der Waals surface area contributed by atoms with Gasteiger partial charge in [0.2, 0.25) is 0 Å². The number of hydrogen-bond donors (Lipinski definition) is 1. The standard InChI is InChI=1S/C26H35NO3/c1-6-9-23(3,28)18-15-24-10-11-26(18,29-5)22-25(24)12-13-27(4)19(24)14-17-8-7-16(2)21(30-22)20(17)25/h7-8,10-11,18-19,22,28H,6,9,12-15H2,1-5H3/t18?,19-,22-,23?,24-,25+,26+/m1/s1. The van der Waals surface area contributed by atoms with Crippen molar-refractivity contribution in [1.82, 2.24) is 4.90 Å². The largest absolute Gasteiger partial charge is 0.485 e. The maximum atomic E-state index is 11.7. The van der Waals surface area contributed by atoms with Gasteiger partial charge in [0, 0.05) is 30.0 Å². The number of benzene rings is 1. The molecule has 1 aromatic rings. The van der Waals surface area contributed by atoms with E-state index in [1.807, 2.05) is 14.0 Å². The second kappa shape index (κ2) is 5.70. The molecule has 2 spiro atoms. The van der Waals surface area contributed by atoms with E-state index in [1.54, 1.807) is 0 Å². The summed E-state index contributed by atoms with van der Waals surface area (Å²) in [5.74, 6) is 1.12. The third-order valence-electron chi connectivity index (χ3n) is 9.80. The summed E-state index contributed by atoms with van der Waals surface area (Å²) in [6.07, 6.45) is 9.58. The highest BCUT2D eigenvalue weighted by Gasteiger charge is 2.80. The molecule has 7 atom stereocenters. The van der Waals surface area contributed by atoms with Gasteiger partial charge in [-0.15, -0.1) is 0 Å². The number of nitrogens with zero attached hydrogens (tertiary/aromatic N) is 1. The first-order valence-corrected chi connectivity index (χ1v) is 11.8. The number of methoxy groups -OCH3 is 1. The molecule has 7 rings (SSSR count). The predicted octanol–water partition coefficient (Wildman–Crippen LogP) is 3.77. The highest BCUT2D eigenvalue weighted by atomic mass is 16.6. The minimum absolute atomic E-state index is 0.0145. The van der Waals surface area contributed by atoms with Crippen LogP contribution in [0.25, 0.3) is 0 Å². The van der Waals surface area contributed by atoms with Gasteiger partial charge in [0.25, 0.3) is 0 Å². The average Bonchev–Trinajstić information content (AvgIpc) is 3.09. The van der Waals surface area contributed by atoms with Crippen LogP contribution in [0.15, 0.2) is 24.3 Å². The maximum absolute atomic E-state index is 11.7. The van der Waals surface area contributed by atoms with Gasteiger partial charge in [0.1, 0.15) is 17.5 Å². The number of likely N-dealkylation sites (tertiary alicyclic amines) is 1. The fourth-order valence-electron chi connectivity index (χ4n) is 8.59. The van der Waals surface area contributed by atoms with E-state index in [9.17, 15) is 5.11 Å². The van der Waals surface area contributed by atoms with Crippen LogP contribution in [0.1, 0.15) is 56.2 Å². The number of aryl methyl sites for hydroxylation is 1. The quantitative estimate of drug-likeness (QED) is 0.769. The lowest BCUT2D eigenvalue weighted by molar-refractivity contribution is -0.247. The van der Waals surface area contributed by atoms with Gasteiger partial charge in [0.05, 0.1) is 11.0 Å². The van der Waals surface area contributed by atoms with E-state index >= 15 is 0 Å². The first kappa shape index (κ1) is 19.3. The number of rotatable bonds is 4. The van der Waals surface area contributed by atoms with E-state index in [0.717, 1.165) is 44.4 Å². The number of fused-ring (bicyclic) bond motifs is 1. The molecule has 4 nitrogen and oxygen atoms in total. The minimum atomic E-state index is -0.787. The Morgan fingerprint density at radius 2 is 2.13 bits per heavy atom. The molecule has 30 heavy (non-hydrogen) atoms. The Hall–Kier alpha value is -1.36. The summed E-state index contributed by atoms with van der Waals surface area (Å²) < 4.78 is 13.4. The molecule has 6 aliphatic rings. The number of hydrogen-bond acceptors (Lipinski definition) is 4. The number of piperidine rings is 1. The van der Waals surface area contributed by atoms with Crippen LogP contribution in [-0.4, -0.2) is 54.1 Å². The van der Waals surface area contributed by atoms with Gasteiger partial charge in [-0.2, -0.15) is 0 Å².